The van der Waals surface area contributed by atoms with E-state index in [1.807, 2.05) is 17.0 Å². The standard InChI is InChI=1S/C30H34FN7O6/c1-30(2,3)28(39)43-18-36-12-10-23-26(36)34-29(35-27(23)44-22-7-5-6-20(14-22)38(40)41)33-24-9-8-19(15-25(24)42-4)37(13-11-31)21-16-32-17-21/h5-10,12,14-15,21,32H,11,13,16-18H2,1-4H3,(H,33,34,35). The average molecular weight is 608 g/mol. The lowest BCUT2D eigenvalue weighted by Gasteiger charge is -2.39. The van der Waals surface area contributed by atoms with Crippen molar-refractivity contribution in [3.63, 3.8) is 0 Å². The summed E-state index contributed by atoms with van der Waals surface area (Å²) in [6.45, 7) is 6.50. The van der Waals surface area contributed by atoms with Gasteiger partial charge in [-0.15, -0.1) is 0 Å². The van der Waals surface area contributed by atoms with Gasteiger partial charge in [0.2, 0.25) is 11.8 Å². The molecule has 5 rings (SSSR count). The molecule has 0 radical (unpaired) electrons. The number of hydrogen-bond acceptors (Lipinski definition) is 11. The van der Waals surface area contributed by atoms with Gasteiger partial charge in [0.15, 0.2) is 12.4 Å². The number of alkyl halides is 1. The Kier molecular flexibility index (Phi) is 8.81. The monoisotopic (exact) mass is 607 g/mol. The third-order valence-electron chi connectivity index (χ3n) is 7.06. The summed E-state index contributed by atoms with van der Waals surface area (Å²) in [5, 5.41) is 18.2. The Morgan fingerprint density at radius 1 is 1.20 bits per heavy atom. The van der Waals surface area contributed by atoms with Gasteiger partial charge in [-0.3, -0.25) is 19.5 Å². The molecule has 0 bridgehead atoms. The van der Waals surface area contributed by atoms with Crippen molar-refractivity contribution in [1.29, 1.82) is 0 Å². The molecule has 14 heteroatoms. The van der Waals surface area contributed by atoms with Crippen molar-refractivity contribution in [1.82, 2.24) is 19.9 Å². The van der Waals surface area contributed by atoms with Crippen LogP contribution < -0.4 is 25.0 Å². The number of halogens is 1. The summed E-state index contributed by atoms with van der Waals surface area (Å²) in [5.41, 5.74) is 0.922. The van der Waals surface area contributed by atoms with E-state index in [4.69, 9.17) is 14.2 Å². The Hall–Kier alpha value is -4.98. The number of carbonyl (C=O) groups is 1. The first-order valence-corrected chi connectivity index (χ1v) is 14.0. The van der Waals surface area contributed by atoms with Crippen molar-refractivity contribution in [2.75, 3.05) is 43.6 Å². The number of anilines is 3. The van der Waals surface area contributed by atoms with Crippen molar-refractivity contribution >= 4 is 40.0 Å². The second-order valence-corrected chi connectivity index (χ2v) is 11.2. The van der Waals surface area contributed by atoms with Crippen molar-refractivity contribution in [2.24, 2.45) is 5.41 Å². The average Bonchev–Trinajstić information content (AvgIpc) is 3.37. The number of carbonyl (C=O) groups excluding carboxylic acids is 1. The third kappa shape index (κ3) is 6.64. The number of nitro benzene ring substituents is 1. The van der Waals surface area contributed by atoms with Crippen LogP contribution >= 0.6 is 0 Å². The predicted molar refractivity (Wildman–Crippen MR) is 163 cm³/mol. The van der Waals surface area contributed by atoms with Crippen LogP contribution in [0.15, 0.2) is 54.7 Å². The minimum Gasteiger partial charge on any atom is -0.494 e. The molecule has 0 saturated carbocycles. The normalized spacial score (nSPS) is 13.3. The number of nitrogens with zero attached hydrogens (tertiary/aromatic N) is 5. The topological polar surface area (TPSA) is 146 Å². The number of nitrogens with one attached hydrogen (secondary N) is 2. The minimum atomic E-state index is -0.696. The molecular formula is C30H34FN7O6. The molecule has 2 aromatic heterocycles. The van der Waals surface area contributed by atoms with E-state index in [0.29, 0.717) is 22.5 Å². The van der Waals surface area contributed by atoms with E-state index in [-0.39, 0.29) is 48.6 Å². The molecule has 2 aromatic carbocycles. The van der Waals surface area contributed by atoms with Gasteiger partial charge in [-0.25, -0.2) is 4.39 Å². The summed E-state index contributed by atoms with van der Waals surface area (Å²) in [6, 6.07) is 13.1. The van der Waals surface area contributed by atoms with Gasteiger partial charge in [0.25, 0.3) is 5.69 Å². The SMILES string of the molecule is COc1cc(N(CCF)C2CNC2)ccc1Nc1nc(Oc2cccc([N+](=O)[O-])c2)c2ccn(COC(=O)C(C)(C)C)c2n1. The molecule has 3 heterocycles. The first kappa shape index (κ1) is 30.5. The Labute approximate surface area is 253 Å². The number of aromatic nitrogens is 3. The van der Waals surface area contributed by atoms with E-state index in [9.17, 15) is 19.3 Å². The van der Waals surface area contributed by atoms with E-state index in [1.54, 1.807) is 49.7 Å². The van der Waals surface area contributed by atoms with Gasteiger partial charge >= 0.3 is 5.97 Å². The van der Waals surface area contributed by atoms with Crippen LogP contribution in [0.25, 0.3) is 11.0 Å². The smallest absolute Gasteiger partial charge is 0.312 e. The molecule has 13 nitrogen and oxygen atoms in total. The molecule has 2 N–H and O–H groups in total. The zero-order valence-electron chi connectivity index (χ0n) is 24.9. The fourth-order valence-electron chi connectivity index (χ4n) is 4.58. The highest BCUT2D eigenvalue weighted by molar-refractivity contribution is 5.84. The Bertz CT molecular complexity index is 1670. The lowest BCUT2D eigenvalue weighted by molar-refractivity contribution is -0.384. The number of nitro groups is 1. The largest absolute Gasteiger partial charge is 0.494 e. The maximum atomic E-state index is 13.3. The molecular weight excluding hydrogens is 573 g/mol. The Morgan fingerprint density at radius 2 is 2.00 bits per heavy atom. The summed E-state index contributed by atoms with van der Waals surface area (Å²) < 4.78 is 32.2. The van der Waals surface area contributed by atoms with Crippen LogP contribution in [0.2, 0.25) is 0 Å². The zero-order valence-corrected chi connectivity index (χ0v) is 24.9. The molecule has 0 unspecified atom stereocenters. The molecule has 0 spiro atoms. The second kappa shape index (κ2) is 12.7. The quantitative estimate of drug-likeness (QED) is 0.125. The Morgan fingerprint density at radius 3 is 2.66 bits per heavy atom. The third-order valence-corrected chi connectivity index (χ3v) is 7.06. The van der Waals surface area contributed by atoms with Gasteiger partial charge in [-0.05, 0) is 45.0 Å². The number of methoxy groups -OCH3 is 1. The lowest BCUT2D eigenvalue weighted by Crippen LogP contribution is -2.58. The summed E-state index contributed by atoms with van der Waals surface area (Å²) in [5.74, 6) is 0.565. The Balaban J connectivity index is 1.51. The number of rotatable bonds is 12. The molecule has 1 saturated heterocycles. The van der Waals surface area contributed by atoms with Crippen LogP contribution in [0.5, 0.6) is 17.4 Å². The number of benzene rings is 2. The summed E-state index contributed by atoms with van der Waals surface area (Å²) in [6.07, 6.45) is 1.68. The second-order valence-electron chi connectivity index (χ2n) is 11.2. The first-order chi connectivity index (χ1) is 21.1. The number of ether oxygens (including phenoxy) is 3. The van der Waals surface area contributed by atoms with Crippen LogP contribution in [0.1, 0.15) is 20.8 Å². The van der Waals surface area contributed by atoms with E-state index >= 15 is 0 Å². The van der Waals surface area contributed by atoms with Gasteiger partial charge < -0.3 is 29.7 Å². The maximum Gasteiger partial charge on any atom is 0.312 e. The van der Waals surface area contributed by atoms with E-state index in [0.717, 1.165) is 18.8 Å². The van der Waals surface area contributed by atoms with Gasteiger partial charge in [-0.2, -0.15) is 9.97 Å². The molecule has 1 fully saturated rings. The highest BCUT2D eigenvalue weighted by Crippen LogP contribution is 2.35. The van der Waals surface area contributed by atoms with E-state index < -0.39 is 17.0 Å². The summed E-state index contributed by atoms with van der Waals surface area (Å²) >= 11 is 0. The van der Waals surface area contributed by atoms with E-state index in [2.05, 4.69) is 20.6 Å². The highest BCUT2D eigenvalue weighted by atomic mass is 19.1. The van der Waals surface area contributed by atoms with Crippen molar-refractivity contribution < 1.29 is 28.3 Å². The lowest BCUT2D eigenvalue weighted by atomic mass is 9.98. The predicted octanol–water partition coefficient (Wildman–Crippen LogP) is 5.18. The molecule has 4 aromatic rings. The fourth-order valence-corrected chi connectivity index (χ4v) is 4.58. The molecule has 0 atom stereocenters. The van der Waals surface area contributed by atoms with Crippen LogP contribution in [-0.2, 0) is 16.3 Å². The van der Waals surface area contributed by atoms with Crippen LogP contribution in [0.3, 0.4) is 0 Å². The molecule has 1 aliphatic rings. The maximum absolute atomic E-state index is 13.3. The van der Waals surface area contributed by atoms with Crippen LogP contribution in [0.4, 0.5) is 27.4 Å². The number of hydrogen-bond donors (Lipinski definition) is 2. The fraction of sp³-hybridized carbons (Fsp3) is 0.367. The number of non-ortho nitro benzene ring substituents is 1. The van der Waals surface area contributed by atoms with Gasteiger partial charge in [0.1, 0.15) is 18.2 Å². The van der Waals surface area contributed by atoms with E-state index in [1.165, 1.54) is 25.3 Å². The number of fused-ring (bicyclic) bond motifs is 1. The molecule has 232 valence electrons. The van der Waals surface area contributed by atoms with Crippen molar-refractivity contribution in [3.05, 3.63) is 64.8 Å². The van der Waals surface area contributed by atoms with Gasteiger partial charge in [-0.1, -0.05) is 6.07 Å². The highest BCUT2D eigenvalue weighted by Gasteiger charge is 2.26. The number of esters is 1. The van der Waals surface area contributed by atoms with Crippen LogP contribution in [-0.4, -0.2) is 64.9 Å². The van der Waals surface area contributed by atoms with Crippen molar-refractivity contribution in [3.8, 4) is 17.4 Å². The van der Waals surface area contributed by atoms with Crippen molar-refractivity contribution in [2.45, 2.75) is 33.5 Å². The molecule has 1 aliphatic heterocycles. The minimum absolute atomic E-state index is 0.106. The van der Waals surface area contributed by atoms with Crippen LogP contribution in [0, 0.1) is 15.5 Å². The van der Waals surface area contributed by atoms with Gasteiger partial charge in [0, 0.05) is 43.7 Å². The first-order valence-electron chi connectivity index (χ1n) is 14.0. The molecule has 0 amide bonds. The summed E-state index contributed by atoms with van der Waals surface area (Å²) in [7, 11) is 1.53. The summed E-state index contributed by atoms with van der Waals surface area (Å²) in [4.78, 5) is 34.5. The zero-order chi connectivity index (χ0) is 31.4. The molecule has 44 heavy (non-hydrogen) atoms. The molecule has 0 aliphatic carbocycles. The van der Waals surface area contributed by atoms with Gasteiger partial charge in [0.05, 0.1) is 40.6 Å².